The second kappa shape index (κ2) is 6.17. The predicted molar refractivity (Wildman–Crippen MR) is 72.4 cm³/mol. The molecule has 1 aromatic heterocycles. The van der Waals surface area contributed by atoms with Crippen LogP contribution in [0.2, 0.25) is 5.15 Å². The molecule has 0 aliphatic heterocycles. The maximum Gasteiger partial charge on any atom is 0.416 e. The second-order valence-electron chi connectivity index (χ2n) is 4.09. The number of nitrogens with zero attached hydrogens (tertiary/aromatic N) is 2. The molecule has 2 aromatic rings. The third-order valence-electron chi connectivity index (χ3n) is 2.71. The fourth-order valence-corrected chi connectivity index (χ4v) is 1.87. The largest absolute Gasteiger partial charge is 0.490 e. The maximum absolute atomic E-state index is 12.4. The SMILES string of the molecule is COc1c(Cl)ncnc1NCc1ccc(C(F)(F)F)cc1. The van der Waals surface area contributed by atoms with Gasteiger partial charge in [0, 0.05) is 6.54 Å². The van der Waals surface area contributed by atoms with E-state index in [1.807, 2.05) is 0 Å². The number of anilines is 1. The molecule has 0 atom stereocenters. The van der Waals surface area contributed by atoms with Gasteiger partial charge >= 0.3 is 6.18 Å². The molecule has 0 amide bonds. The van der Waals surface area contributed by atoms with Crippen molar-refractivity contribution in [2.24, 2.45) is 0 Å². The number of rotatable bonds is 4. The van der Waals surface area contributed by atoms with Gasteiger partial charge in [-0.3, -0.25) is 0 Å². The Kier molecular flexibility index (Phi) is 4.52. The van der Waals surface area contributed by atoms with Crippen molar-refractivity contribution < 1.29 is 17.9 Å². The molecule has 1 heterocycles. The molecule has 0 aliphatic carbocycles. The third-order valence-corrected chi connectivity index (χ3v) is 2.97. The van der Waals surface area contributed by atoms with E-state index < -0.39 is 11.7 Å². The molecule has 1 N–H and O–H groups in total. The first-order valence-corrected chi connectivity index (χ1v) is 6.24. The van der Waals surface area contributed by atoms with Gasteiger partial charge in [-0.2, -0.15) is 13.2 Å². The highest BCUT2D eigenvalue weighted by molar-refractivity contribution is 6.31. The first kappa shape index (κ1) is 15.4. The summed E-state index contributed by atoms with van der Waals surface area (Å²) in [6.07, 6.45) is -3.07. The maximum atomic E-state index is 12.4. The Morgan fingerprint density at radius 3 is 2.43 bits per heavy atom. The Morgan fingerprint density at radius 2 is 1.86 bits per heavy atom. The minimum absolute atomic E-state index is 0.155. The molecule has 112 valence electrons. The first-order chi connectivity index (χ1) is 9.91. The van der Waals surface area contributed by atoms with Crippen molar-refractivity contribution in [1.82, 2.24) is 9.97 Å². The first-order valence-electron chi connectivity index (χ1n) is 5.86. The Hall–Kier alpha value is -2.02. The van der Waals surface area contributed by atoms with E-state index in [2.05, 4.69) is 15.3 Å². The van der Waals surface area contributed by atoms with Gasteiger partial charge in [0.1, 0.15) is 6.33 Å². The Labute approximate surface area is 123 Å². The van der Waals surface area contributed by atoms with Gasteiger partial charge in [0.2, 0.25) is 0 Å². The van der Waals surface area contributed by atoms with Crippen LogP contribution in [0, 0.1) is 0 Å². The number of halogens is 4. The highest BCUT2D eigenvalue weighted by atomic mass is 35.5. The summed E-state index contributed by atoms with van der Waals surface area (Å²) >= 11 is 5.84. The van der Waals surface area contributed by atoms with Crippen molar-refractivity contribution in [3.05, 3.63) is 46.9 Å². The monoisotopic (exact) mass is 317 g/mol. The highest BCUT2D eigenvalue weighted by Crippen LogP contribution is 2.30. The van der Waals surface area contributed by atoms with Crippen LogP contribution in [0.4, 0.5) is 19.0 Å². The number of ether oxygens (including phenoxy) is 1. The molecule has 0 saturated carbocycles. The normalized spacial score (nSPS) is 11.3. The average molecular weight is 318 g/mol. The van der Waals surface area contributed by atoms with Gasteiger partial charge < -0.3 is 10.1 Å². The van der Waals surface area contributed by atoms with Crippen molar-refractivity contribution in [3.63, 3.8) is 0 Å². The number of methoxy groups -OCH3 is 1. The molecule has 8 heteroatoms. The second-order valence-corrected chi connectivity index (χ2v) is 4.45. The van der Waals surface area contributed by atoms with Crippen LogP contribution in [-0.4, -0.2) is 17.1 Å². The van der Waals surface area contributed by atoms with Gasteiger partial charge in [0.25, 0.3) is 0 Å². The van der Waals surface area contributed by atoms with E-state index in [0.717, 1.165) is 12.1 Å². The van der Waals surface area contributed by atoms with Gasteiger partial charge in [0.05, 0.1) is 12.7 Å². The van der Waals surface area contributed by atoms with Crippen LogP contribution >= 0.6 is 11.6 Å². The summed E-state index contributed by atoms with van der Waals surface area (Å²) in [6, 6.07) is 4.85. The van der Waals surface area contributed by atoms with Crippen molar-refractivity contribution >= 4 is 17.4 Å². The Morgan fingerprint density at radius 1 is 1.19 bits per heavy atom. The van der Waals surface area contributed by atoms with Crippen molar-refractivity contribution in [1.29, 1.82) is 0 Å². The van der Waals surface area contributed by atoms with Gasteiger partial charge in [-0.25, -0.2) is 9.97 Å². The predicted octanol–water partition coefficient (Wildman–Crippen LogP) is 3.77. The molecular weight excluding hydrogens is 307 g/mol. The molecule has 1 aromatic carbocycles. The zero-order chi connectivity index (χ0) is 15.5. The molecule has 0 aliphatic rings. The topological polar surface area (TPSA) is 47.0 Å². The molecule has 2 rings (SSSR count). The average Bonchev–Trinajstić information content (AvgIpc) is 2.44. The van der Waals surface area contributed by atoms with Crippen molar-refractivity contribution in [2.45, 2.75) is 12.7 Å². The smallest absolute Gasteiger partial charge is 0.416 e. The summed E-state index contributed by atoms with van der Waals surface area (Å²) in [5.41, 5.74) is -0.0197. The van der Waals surface area contributed by atoms with E-state index in [4.69, 9.17) is 16.3 Å². The molecule has 0 unspecified atom stereocenters. The van der Waals surface area contributed by atoms with Crippen LogP contribution in [-0.2, 0) is 12.7 Å². The van der Waals surface area contributed by atoms with E-state index in [0.29, 0.717) is 11.4 Å². The summed E-state index contributed by atoms with van der Waals surface area (Å²) in [6.45, 7) is 0.280. The molecule has 0 radical (unpaired) electrons. The number of hydrogen-bond donors (Lipinski definition) is 1. The Bertz CT molecular complexity index is 617. The van der Waals surface area contributed by atoms with Crippen LogP contribution in [0.15, 0.2) is 30.6 Å². The zero-order valence-corrected chi connectivity index (χ0v) is 11.7. The molecule has 21 heavy (non-hydrogen) atoms. The number of hydrogen-bond acceptors (Lipinski definition) is 4. The third kappa shape index (κ3) is 3.75. The van der Waals surface area contributed by atoms with Gasteiger partial charge in [-0.15, -0.1) is 0 Å². The molecule has 0 spiro atoms. The summed E-state index contributed by atoms with van der Waals surface area (Å²) in [5.74, 6) is 0.656. The van der Waals surface area contributed by atoms with Crippen molar-refractivity contribution in [2.75, 3.05) is 12.4 Å². The standard InChI is InChI=1S/C13H11ClF3N3O/c1-21-10-11(14)19-7-20-12(10)18-6-8-2-4-9(5-3-8)13(15,16)17/h2-5,7H,6H2,1H3,(H,18,19,20). The van der Waals surface area contributed by atoms with E-state index >= 15 is 0 Å². The molecular formula is C13H11ClF3N3O. The number of aromatic nitrogens is 2. The molecule has 0 saturated heterocycles. The highest BCUT2D eigenvalue weighted by Gasteiger charge is 2.29. The van der Waals surface area contributed by atoms with Crippen LogP contribution in [0.25, 0.3) is 0 Å². The molecule has 4 nitrogen and oxygen atoms in total. The van der Waals surface area contributed by atoms with E-state index in [1.165, 1.54) is 25.6 Å². The number of alkyl halides is 3. The lowest BCUT2D eigenvalue weighted by molar-refractivity contribution is -0.137. The zero-order valence-electron chi connectivity index (χ0n) is 10.9. The van der Waals surface area contributed by atoms with Crippen LogP contribution in [0.5, 0.6) is 5.75 Å². The summed E-state index contributed by atoms with van der Waals surface area (Å²) in [4.78, 5) is 7.74. The summed E-state index contributed by atoms with van der Waals surface area (Å²) in [5, 5.41) is 3.09. The summed E-state index contributed by atoms with van der Waals surface area (Å²) < 4.78 is 42.4. The number of nitrogens with one attached hydrogen (secondary N) is 1. The van der Waals surface area contributed by atoms with E-state index in [9.17, 15) is 13.2 Å². The van der Waals surface area contributed by atoms with Crippen molar-refractivity contribution in [3.8, 4) is 5.75 Å². The van der Waals surface area contributed by atoms with Crippen LogP contribution < -0.4 is 10.1 Å². The van der Waals surface area contributed by atoms with Crippen LogP contribution in [0.3, 0.4) is 0 Å². The Balaban J connectivity index is 2.09. The minimum Gasteiger partial charge on any atom is -0.490 e. The van der Waals surface area contributed by atoms with Gasteiger partial charge in [-0.1, -0.05) is 23.7 Å². The summed E-state index contributed by atoms with van der Waals surface area (Å²) in [7, 11) is 1.42. The van der Waals surface area contributed by atoms with E-state index in [1.54, 1.807) is 0 Å². The lowest BCUT2D eigenvalue weighted by atomic mass is 10.1. The van der Waals surface area contributed by atoms with E-state index in [-0.39, 0.29) is 17.4 Å². The molecule has 0 bridgehead atoms. The molecule has 0 fully saturated rings. The number of benzene rings is 1. The quantitative estimate of drug-likeness (QED) is 0.872. The lowest BCUT2D eigenvalue weighted by Crippen LogP contribution is -2.07. The van der Waals surface area contributed by atoms with Gasteiger partial charge in [0.15, 0.2) is 16.7 Å². The van der Waals surface area contributed by atoms with Gasteiger partial charge in [-0.05, 0) is 17.7 Å². The fourth-order valence-electron chi connectivity index (χ4n) is 1.66. The lowest BCUT2D eigenvalue weighted by Gasteiger charge is -2.11. The van der Waals surface area contributed by atoms with Crippen LogP contribution in [0.1, 0.15) is 11.1 Å². The fraction of sp³-hybridized carbons (Fsp3) is 0.231. The minimum atomic E-state index is -4.34.